The number of thiophene rings is 1. The Labute approximate surface area is 475 Å². The molecule has 4 aliphatic heterocycles. The van der Waals surface area contributed by atoms with Crippen LogP contribution in [-0.4, -0.2) is 178 Å². The normalized spacial score (nSPS) is 37.4. The molecule has 0 aliphatic carbocycles. The second-order valence-corrected chi connectivity index (χ2v) is 25.9. The summed E-state index contributed by atoms with van der Waals surface area (Å²) in [6.45, 7) is 18.6. The zero-order valence-electron chi connectivity index (χ0n) is 47.7. The summed E-state index contributed by atoms with van der Waals surface area (Å²) >= 11 is 9.81. The Kier molecular flexibility index (Phi) is 20.9. The van der Waals surface area contributed by atoms with Crippen LogP contribution in [0.1, 0.15) is 106 Å². The van der Waals surface area contributed by atoms with Crippen LogP contribution in [-0.2, 0) is 38.0 Å². The highest BCUT2D eigenvalue weighted by atomic mass is 35.5. The molecular formula is C59H86ClN3O13S2. The van der Waals surface area contributed by atoms with Gasteiger partial charge >= 0.3 is 5.97 Å². The molecule has 0 unspecified atom stereocenters. The summed E-state index contributed by atoms with van der Waals surface area (Å²) in [5.41, 5.74) is -1.43. The standard InChI is InChI=1S/C59H86ClN3O13S2/c1-14-46-59(10,70)52(66)36(6)63(25-17-24-61-47(64)23-21-39-28-41-40-18-15-16-19-44(40)78-45-22-20-38(60)27-42(45)51(41)77-39)31-32(2)29-57(8,69)54(76-56-49(65)43(62(11)12)26-33(3)72-56)34(4)50(35(5)55(68)74-46)75-48-30-58(9,71-13)53(67)37(7)73-48/h15-16,18-23,27-28,32-37,43,46,48-50,52-54,56,65-67,69-70H,14,17,24-26,29-31H2,1-13H3,(H,61,64)/t32-,33-,34+,35-,36-,37+,43+,46-,48+,49-,50+,52-,53+,54-,56+,57-,58-,59-/m1/s1. The van der Waals surface area contributed by atoms with Gasteiger partial charge in [-0.3, -0.25) is 14.5 Å². The first-order valence-corrected chi connectivity index (χ1v) is 29.6. The third-order valence-corrected chi connectivity index (χ3v) is 19.2. The number of halogens is 1. The van der Waals surface area contributed by atoms with Crippen LogP contribution in [0.3, 0.4) is 0 Å². The number of aliphatic hydroxyl groups is 5. The van der Waals surface area contributed by atoms with Gasteiger partial charge in [-0.1, -0.05) is 62.3 Å². The molecule has 0 bridgehead atoms. The lowest BCUT2D eigenvalue weighted by atomic mass is 9.77. The first-order valence-electron chi connectivity index (χ1n) is 27.6. The summed E-state index contributed by atoms with van der Waals surface area (Å²) in [4.78, 5) is 36.3. The highest BCUT2D eigenvalue weighted by Gasteiger charge is 2.53. The fourth-order valence-corrected chi connectivity index (χ4v) is 14.6. The number of ether oxygens (including phenoxy) is 6. The van der Waals surface area contributed by atoms with Gasteiger partial charge in [-0.25, -0.2) is 0 Å². The number of amides is 1. The number of rotatable bonds is 13. The van der Waals surface area contributed by atoms with Gasteiger partial charge < -0.3 is 64.2 Å². The van der Waals surface area contributed by atoms with Crippen molar-refractivity contribution in [1.29, 1.82) is 0 Å². The molecule has 19 heteroatoms. The lowest BCUT2D eigenvalue weighted by Gasteiger charge is -2.48. The number of carbonyl (C=O) groups excluding carboxylic acids is 2. The topological polar surface area (TPSA) is 209 Å². The predicted octanol–water partition coefficient (Wildman–Crippen LogP) is 8.00. The van der Waals surface area contributed by atoms with Crippen molar-refractivity contribution in [3.63, 3.8) is 0 Å². The monoisotopic (exact) mass is 1140 g/mol. The number of hydrogen-bond acceptors (Lipinski definition) is 17. The molecule has 16 nitrogen and oxygen atoms in total. The predicted molar refractivity (Wildman–Crippen MR) is 304 cm³/mol. The molecule has 434 valence electrons. The van der Waals surface area contributed by atoms with Crippen LogP contribution in [0.25, 0.3) is 27.6 Å². The van der Waals surface area contributed by atoms with E-state index in [-0.39, 0.29) is 43.2 Å². The molecule has 3 aromatic rings. The molecule has 3 fully saturated rings. The molecule has 0 radical (unpaired) electrons. The number of likely N-dealkylation sites (N-methyl/N-ethyl adjacent to an activating group) is 1. The molecule has 7 rings (SSSR count). The molecule has 5 heterocycles. The van der Waals surface area contributed by atoms with Gasteiger partial charge in [0.05, 0.1) is 41.5 Å². The Morgan fingerprint density at radius 1 is 0.936 bits per heavy atom. The lowest BCUT2D eigenvalue weighted by Crippen LogP contribution is -2.60. The second-order valence-electron chi connectivity index (χ2n) is 23.3. The van der Waals surface area contributed by atoms with E-state index in [0.29, 0.717) is 37.5 Å². The van der Waals surface area contributed by atoms with Crippen LogP contribution in [0.2, 0.25) is 5.02 Å². The van der Waals surface area contributed by atoms with Crippen molar-refractivity contribution in [2.24, 2.45) is 17.8 Å². The van der Waals surface area contributed by atoms with Gasteiger partial charge in [0.1, 0.15) is 30.0 Å². The number of cyclic esters (lactones) is 1. The molecule has 0 spiro atoms. The third-order valence-electron chi connectivity index (χ3n) is 16.7. The highest BCUT2D eigenvalue weighted by molar-refractivity contribution is 7.99. The van der Waals surface area contributed by atoms with Crippen molar-refractivity contribution in [3.05, 3.63) is 64.5 Å². The Morgan fingerprint density at radius 3 is 2.33 bits per heavy atom. The van der Waals surface area contributed by atoms with E-state index in [1.54, 1.807) is 57.7 Å². The minimum Gasteiger partial charge on any atom is -0.459 e. The van der Waals surface area contributed by atoms with Crippen LogP contribution in [0.4, 0.5) is 0 Å². The third kappa shape index (κ3) is 14.1. The molecule has 0 saturated carbocycles. The molecule has 6 N–H and O–H groups in total. The largest absolute Gasteiger partial charge is 0.459 e. The summed E-state index contributed by atoms with van der Waals surface area (Å²) in [6.07, 6.45) is -5.36. The molecular weight excluding hydrogens is 1060 g/mol. The number of nitrogens with zero attached hydrogens (tertiary/aromatic N) is 2. The van der Waals surface area contributed by atoms with Gasteiger partial charge in [-0.2, -0.15) is 0 Å². The van der Waals surface area contributed by atoms with E-state index >= 15 is 0 Å². The Bertz CT molecular complexity index is 2550. The van der Waals surface area contributed by atoms with Gasteiger partial charge in [-0.05, 0) is 136 Å². The van der Waals surface area contributed by atoms with E-state index in [1.807, 2.05) is 88.0 Å². The summed E-state index contributed by atoms with van der Waals surface area (Å²) in [5.74, 6) is -3.20. The zero-order chi connectivity index (χ0) is 57.2. The number of hydrogen-bond donors (Lipinski definition) is 6. The van der Waals surface area contributed by atoms with Crippen LogP contribution in [0.5, 0.6) is 0 Å². The Balaban J connectivity index is 1.14. The maximum Gasteiger partial charge on any atom is 0.311 e. The van der Waals surface area contributed by atoms with E-state index in [4.69, 9.17) is 40.0 Å². The van der Waals surface area contributed by atoms with Crippen LogP contribution >= 0.6 is 34.7 Å². The van der Waals surface area contributed by atoms with E-state index in [0.717, 1.165) is 36.2 Å². The van der Waals surface area contributed by atoms with Crippen LogP contribution < -0.4 is 5.32 Å². The van der Waals surface area contributed by atoms with Crippen molar-refractivity contribution >= 4 is 52.7 Å². The van der Waals surface area contributed by atoms with Crippen molar-refractivity contribution in [1.82, 2.24) is 15.1 Å². The lowest BCUT2D eigenvalue weighted by molar-refractivity contribution is -0.318. The second kappa shape index (κ2) is 26.1. The summed E-state index contributed by atoms with van der Waals surface area (Å²) in [6, 6.07) is 15.3. The number of carbonyl (C=O) groups is 2. The first-order chi connectivity index (χ1) is 36.7. The van der Waals surface area contributed by atoms with E-state index in [9.17, 15) is 35.1 Å². The van der Waals surface area contributed by atoms with Gasteiger partial charge in [-0.15, -0.1) is 11.3 Å². The summed E-state index contributed by atoms with van der Waals surface area (Å²) in [7, 11) is 5.26. The average Bonchev–Trinajstić information content (AvgIpc) is 3.79. The quantitative estimate of drug-likeness (QED) is 0.0426. The summed E-state index contributed by atoms with van der Waals surface area (Å²) < 4.78 is 38.3. The number of methoxy groups -OCH3 is 1. The molecule has 1 aromatic heterocycles. The first kappa shape index (κ1) is 62.6. The minimum atomic E-state index is -1.94. The molecule has 4 aliphatic rings. The van der Waals surface area contributed by atoms with Crippen LogP contribution in [0, 0.1) is 17.8 Å². The Hall–Kier alpha value is -3.02. The van der Waals surface area contributed by atoms with Crippen molar-refractivity contribution < 1.29 is 63.5 Å². The average molecular weight is 1140 g/mol. The zero-order valence-corrected chi connectivity index (χ0v) is 50.1. The Morgan fingerprint density at radius 2 is 1.64 bits per heavy atom. The molecule has 78 heavy (non-hydrogen) atoms. The SMILES string of the molecule is CC[C@H]1OC(=O)[C@H](C)[C@@H](O[C@H]2C[C@@](C)(OC)[C@@H](O)[C@H](C)O2)[C@H](C)[C@@H](O[C@@H]2O[C@H](C)C[C@H](N(C)C)[C@H]2O)[C@](C)(O)C[C@@H](C)CN(CCCNC(=O)C=Cc2cc3c(s2)-c2cc(Cl)ccc2Sc2ccccc2-3)[C@H](C)[C@@H](O)[C@]1(C)O. The number of fused-ring (bicyclic) bond motifs is 5. The van der Waals surface area contributed by atoms with Crippen molar-refractivity contribution in [3.8, 4) is 21.6 Å². The van der Waals surface area contributed by atoms with Crippen molar-refractivity contribution in [2.45, 2.75) is 201 Å². The van der Waals surface area contributed by atoms with Crippen LogP contribution in [0.15, 0.2) is 64.4 Å². The van der Waals surface area contributed by atoms with Gasteiger partial charge in [0.2, 0.25) is 5.91 Å². The number of aliphatic hydroxyl groups excluding tert-OH is 3. The van der Waals surface area contributed by atoms with Gasteiger partial charge in [0, 0.05) is 92.9 Å². The van der Waals surface area contributed by atoms with Crippen molar-refractivity contribution in [2.75, 3.05) is 40.8 Å². The van der Waals surface area contributed by atoms with Gasteiger partial charge in [0.15, 0.2) is 12.6 Å². The number of benzene rings is 2. The highest BCUT2D eigenvalue weighted by Crippen LogP contribution is 2.52. The maximum absolute atomic E-state index is 14.7. The van der Waals surface area contributed by atoms with Gasteiger partial charge in [0.25, 0.3) is 0 Å². The van der Waals surface area contributed by atoms with E-state index in [2.05, 4.69) is 23.5 Å². The fraction of sp³-hybridized carbons (Fsp3) is 0.661. The fourth-order valence-electron chi connectivity index (χ4n) is 12.2. The number of nitrogens with one attached hydrogen (secondary N) is 1. The number of esters is 1. The van der Waals surface area contributed by atoms with E-state index < -0.39 is 96.0 Å². The van der Waals surface area contributed by atoms with E-state index in [1.165, 1.54) is 20.1 Å². The minimum absolute atomic E-state index is 0.0934. The molecule has 18 atom stereocenters. The summed E-state index contributed by atoms with van der Waals surface area (Å²) in [5, 5.41) is 64.1. The molecule has 1 amide bonds. The molecule has 2 aromatic carbocycles. The maximum atomic E-state index is 14.7. The molecule has 3 saturated heterocycles. The smallest absolute Gasteiger partial charge is 0.311 e.